The smallest absolute Gasteiger partial charge is 0.373 e. The van der Waals surface area contributed by atoms with Gasteiger partial charge in [-0.3, -0.25) is 19.3 Å². The van der Waals surface area contributed by atoms with Crippen molar-refractivity contribution in [2.24, 2.45) is 112 Å². The van der Waals surface area contributed by atoms with E-state index in [9.17, 15) is 28.8 Å². The van der Waals surface area contributed by atoms with E-state index < -0.39 is 23.3 Å². The highest BCUT2D eigenvalue weighted by Crippen LogP contribution is 2.46. The molecule has 0 aliphatic heterocycles. The molecule has 0 aliphatic carbocycles. The van der Waals surface area contributed by atoms with E-state index in [-0.39, 0.29) is 46.3 Å². The SMILES string of the molecule is CCC(C)C(C)C(C)C(C)C(C)C(C)C(C)C(C)C(C)C(C)C(C)C(C)C(C)C(C)C(C)C(C)C(C)C(C)C(C)C.COC(=O)c1cc(C(Cl)CCc2ccc(C(=O)NCCNCCN(CCNC(=O)c3ccccc3)CCNC(=O)c3ccc(CCC(Cl)c4cc(C(=O)OC)nc(C(=O)OC)c4)cc3)cc2)cc(C)n1.O=C=O. The summed E-state index contributed by atoms with van der Waals surface area (Å²) in [5.41, 5.74) is 5.66. The maximum Gasteiger partial charge on any atom is 0.373 e. The first-order valence-corrected chi connectivity index (χ1v) is 42.8. The van der Waals surface area contributed by atoms with Gasteiger partial charge in [0.05, 0.1) is 32.1 Å². The predicted molar refractivity (Wildman–Crippen MR) is 462 cm³/mol. The van der Waals surface area contributed by atoms with E-state index in [4.69, 9.17) is 47.0 Å². The van der Waals surface area contributed by atoms with Crippen molar-refractivity contribution in [1.29, 1.82) is 0 Å². The molecule has 2 aromatic heterocycles. The second-order valence-electron chi connectivity index (χ2n) is 33.5. The van der Waals surface area contributed by atoms with Crippen molar-refractivity contribution in [2.75, 3.05) is 73.7 Å². The Bertz CT molecular complexity index is 3690. The number of pyridine rings is 2. The second-order valence-corrected chi connectivity index (χ2v) is 34.6. The monoisotopic (exact) mass is 1620 g/mol. The molecular formula is C94H143Cl2N7O11. The summed E-state index contributed by atoms with van der Waals surface area (Å²) in [4.78, 5) is 102. The van der Waals surface area contributed by atoms with Gasteiger partial charge in [-0.05, 0) is 228 Å². The molecule has 0 aliphatic rings. The summed E-state index contributed by atoms with van der Waals surface area (Å²) >= 11 is 13.4. The summed E-state index contributed by atoms with van der Waals surface area (Å²) in [5.74, 6) is 12.0. The van der Waals surface area contributed by atoms with Crippen LogP contribution in [0.15, 0.2) is 103 Å². The van der Waals surface area contributed by atoms with Gasteiger partial charge in [-0.15, -0.1) is 23.2 Å². The number of hydrogen-bond acceptors (Lipinski definition) is 15. The van der Waals surface area contributed by atoms with E-state index in [1.165, 1.54) is 39.9 Å². The molecule has 0 bridgehead atoms. The molecule has 634 valence electrons. The highest BCUT2D eigenvalue weighted by Gasteiger charge is 2.39. The summed E-state index contributed by atoms with van der Waals surface area (Å²) < 4.78 is 14.4. The van der Waals surface area contributed by atoms with Gasteiger partial charge in [0.15, 0.2) is 0 Å². The number of aryl methyl sites for hydroxylation is 3. The lowest BCUT2D eigenvalue weighted by molar-refractivity contribution is -0.191. The number of aromatic nitrogens is 2. The lowest BCUT2D eigenvalue weighted by atomic mass is 9.62. The summed E-state index contributed by atoms with van der Waals surface area (Å²) in [6, 6.07) is 30.1. The number of carbonyl (C=O) groups is 6. The zero-order chi connectivity index (χ0) is 85.8. The van der Waals surface area contributed by atoms with Crippen molar-refractivity contribution in [2.45, 2.75) is 195 Å². The second kappa shape index (κ2) is 51.7. The van der Waals surface area contributed by atoms with Gasteiger partial charge in [0, 0.05) is 74.7 Å². The van der Waals surface area contributed by atoms with Crippen LogP contribution in [-0.4, -0.2) is 130 Å². The fourth-order valence-corrected chi connectivity index (χ4v) is 16.5. The Morgan fingerprint density at radius 2 is 0.693 bits per heavy atom. The first kappa shape index (κ1) is 101. The molecule has 114 heavy (non-hydrogen) atoms. The molecule has 20 heteroatoms. The Hall–Kier alpha value is -7.34. The quantitative estimate of drug-likeness (QED) is 0.0123. The van der Waals surface area contributed by atoms with Crippen LogP contribution in [-0.2, 0) is 36.6 Å². The minimum atomic E-state index is -0.704. The lowest BCUT2D eigenvalue weighted by Gasteiger charge is -2.44. The number of esters is 3. The molecule has 4 N–H and O–H groups in total. The normalized spacial score (nSPS) is 16.7. The van der Waals surface area contributed by atoms with Gasteiger partial charge in [-0.25, -0.2) is 24.4 Å². The van der Waals surface area contributed by atoms with E-state index in [1.54, 1.807) is 49.4 Å². The fourth-order valence-electron chi connectivity index (χ4n) is 16.0. The average molecular weight is 1620 g/mol. The summed E-state index contributed by atoms with van der Waals surface area (Å²) in [6.07, 6.45) is 3.86. The van der Waals surface area contributed by atoms with Crippen molar-refractivity contribution in [3.63, 3.8) is 0 Å². The molecule has 20 atom stereocenters. The van der Waals surface area contributed by atoms with Gasteiger partial charge in [-0.1, -0.05) is 194 Å². The maximum absolute atomic E-state index is 13.2. The number of carbonyl (C=O) groups excluding carboxylic acids is 8. The topological polar surface area (TPSA) is 241 Å². The number of rotatable bonds is 45. The summed E-state index contributed by atoms with van der Waals surface area (Å²) in [7, 11) is 3.75. The molecule has 5 rings (SSSR count). The lowest BCUT2D eigenvalue weighted by Crippen LogP contribution is -2.43. The molecule has 5 aromatic rings. The Labute approximate surface area is 695 Å². The number of amides is 3. The standard InChI is InChI=1S/C52H59Cl2N7O9.C41H84.CO2/c1-34-30-40(31-44(59-34)50(65)68-2)42(53)20-14-35-10-16-38(17-11-35)48(63)56-23-22-55-24-27-61(28-25-57-47(62)37-8-6-5-7-9-37)29-26-58-49(64)39-18-12-36(13-19-39)15-21-43(54)41-32-45(51(66)69-3)60-46(33-41)52(67)70-4;1-22-24(4)26(6)28(8)30(10)32(12)34(14)36(16)38(18)40(20)41(21)39(19)37(17)35(15)33(13)31(11)29(9)27(7)25(5)23(2)3;2-1-3/h5-13,16-19,30-33,42-43,55H,14-15,20-29H2,1-4H3,(H,56,63)(H,57,62)(H,58,64);23-41H,22H2,1-21H3;. The first-order chi connectivity index (χ1) is 53.8. The number of nitrogens with one attached hydrogen (secondary N) is 4. The van der Waals surface area contributed by atoms with Crippen LogP contribution >= 0.6 is 23.2 Å². The van der Waals surface area contributed by atoms with Crippen LogP contribution in [0.2, 0.25) is 0 Å². The molecule has 0 fully saturated rings. The van der Waals surface area contributed by atoms with Gasteiger partial charge < -0.3 is 35.5 Å². The van der Waals surface area contributed by atoms with Gasteiger partial charge in [-0.2, -0.15) is 9.59 Å². The Kier molecular flexibility index (Phi) is 45.7. The van der Waals surface area contributed by atoms with Crippen molar-refractivity contribution < 1.29 is 52.6 Å². The highest BCUT2D eigenvalue weighted by molar-refractivity contribution is 6.21. The van der Waals surface area contributed by atoms with Crippen molar-refractivity contribution in [3.05, 3.63) is 165 Å². The van der Waals surface area contributed by atoms with Crippen LogP contribution in [0.3, 0.4) is 0 Å². The number of ether oxygens (including phenoxy) is 3. The molecule has 18 nitrogen and oxygen atoms in total. The maximum atomic E-state index is 13.2. The van der Waals surface area contributed by atoms with Crippen molar-refractivity contribution in [1.82, 2.24) is 36.1 Å². The van der Waals surface area contributed by atoms with Crippen LogP contribution in [0, 0.1) is 119 Å². The molecule has 0 radical (unpaired) electrons. The Morgan fingerprint density at radius 3 is 1.03 bits per heavy atom. The molecule has 0 saturated carbocycles. The van der Waals surface area contributed by atoms with E-state index in [2.05, 4.69) is 182 Å². The number of benzene rings is 3. The van der Waals surface area contributed by atoms with Gasteiger partial charge >= 0.3 is 24.1 Å². The average Bonchev–Trinajstić information content (AvgIpc) is 0.826. The third-order valence-corrected chi connectivity index (χ3v) is 28.0. The van der Waals surface area contributed by atoms with Gasteiger partial charge in [0.2, 0.25) is 0 Å². The molecule has 0 spiro atoms. The fraction of sp³-hybridized carbons (Fsp3) is 0.628. The van der Waals surface area contributed by atoms with E-state index in [1.807, 2.05) is 48.5 Å². The number of hydrogen-bond donors (Lipinski definition) is 4. The molecule has 0 saturated heterocycles. The van der Waals surface area contributed by atoms with Gasteiger partial charge in [0.1, 0.15) is 17.1 Å². The minimum absolute atomic E-state index is 0.0541. The highest BCUT2D eigenvalue weighted by atomic mass is 35.5. The zero-order valence-electron chi connectivity index (χ0n) is 73.7. The van der Waals surface area contributed by atoms with Gasteiger partial charge in [0.25, 0.3) is 17.7 Å². The van der Waals surface area contributed by atoms with E-state index in [0.717, 1.165) is 129 Å². The number of halogens is 2. The largest absolute Gasteiger partial charge is 0.464 e. The van der Waals surface area contributed by atoms with Crippen molar-refractivity contribution >= 4 is 65.0 Å². The molecule has 3 amide bonds. The van der Waals surface area contributed by atoms with Crippen LogP contribution in [0.5, 0.6) is 0 Å². The van der Waals surface area contributed by atoms with E-state index in [0.29, 0.717) is 106 Å². The van der Waals surface area contributed by atoms with Crippen LogP contribution in [0.25, 0.3) is 0 Å². The summed E-state index contributed by atoms with van der Waals surface area (Å²) in [5, 5.41) is 11.4. The Balaban J connectivity index is 0.000000652. The molecule has 2 heterocycles. The van der Waals surface area contributed by atoms with Crippen LogP contribution in [0.4, 0.5) is 0 Å². The molecule has 3 aromatic carbocycles. The zero-order valence-corrected chi connectivity index (χ0v) is 75.2. The first-order valence-electron chi connectivity index (χ1n) is 41.9. The minimum Gasteiger partial charge on any atom is -0.464 e. The number of nitrogens with zero attached hydrogens (tertiary/aromatic N) is 3. The predicted octanol–water partition coefficient (Wildman–Crippen LogP) is 19.4. The molecule has 20 unspecified atom stereocenters. The summed E-state index contributed by atoms with van der Waals surface area (Å²) in [6.45, 7) is 58.8. The third kappa shape index (κ3) is 31.9. The van der Waals surface area contributed by atoms with E-state index >= 15 is 0 Å². The number of methoxy groups -OCH3 is 3. The molecular weight excluding hydrogens is 1470 g/mol. The third-order valence-electron chi connectivity index (χ3n) is 27.1. The van der Waals surface area contributed by atoms with Crippen molar-refractivity contribution in [3.8, 4) is 0 Å². The Morgan fingerprint density at radius 1 is 0.395 bits per heavy atom. The van der Waals surface area contributed by atoms with Crippen LogP contribution < -0.4 is 21.3 Å². The number of alkyl halides is 2. The van der Waals surface area contributed by atoms with Crippen LogP contribution in [0.1, 0.15) is 266 Å².